The highest BCUT2D eigenvalue weighted by Crippen LogP contribution is 2.35. The number of alkyl halides is 1. The standard InChI is InChI=1S/C12H10ClFN2O/c1-6-12(17)15-10-3-7(4-13)2-8-9(14)5-16(6)11(8)10/h2-3,5-6H,4H2,1H3,(H,15,17). The molecule has 2 heterocycles. The normalized spacial score (nSPS) is 18.5. The van der Waals surface area contributed by atoms with E-state index in [1.807, 2.05) is 0 Å². The molecule has 0 fully saturated rings. The Morgan fingerprint density at radius 2 is 2.29 bits per heavy atom. The van der Waals surface area contributed by atoms with Gasteiger partial charge in [0.2, 0.25) is 5.91 Å². The molecular weight excluding hydrogens is 243 g/mol. The van der Waals surface area contributed by atoms with Crippen molar-refractivity contribution in [1.82, 2.24) is 4.57 Å². The Morgan fingerprint density at radius 3 is 3.00 bits per heavy atom. The summed E-state index contributed by atoms with van der Waals surface area (Å²) < 4.78 is 15.5. The maximum Gasteiger partial charge on any atom is 0.247 e. The van der Waals surface area contributed by atoms with Crippen molar-refractivity contribution in [1.29, 1.82) is 0 Å². The molecule has 3 rings (SSSR count). The summed E-state index contributed by atoms with van der Waals surface area (Å²) in [5, 5.41) is 3.28. The molecule has 1 atom stereocenters. The first kappa shape index (κ1) is 10.6. The number of aromatic nitrogens is 1. The highest BCUT2D eigenvalue weighted by Gasteiger charge is 2.26. The van der Waals surface area contributed by atoms with E-state index in [-0.39, 0.29) is 11.7 Å². The molecule has 0 spiro atoms. The van der Waals surface area contributed by atoms with E-state index < -0.39 is 6.04 Å². The highest BCUT2D eigenvalue weighted by atomic mass is 35.5. The van der Waals surface area contributed by atoms with Gasteiger partial charge in [-0.05, 0) is 24.6 Å². The van der Waals surface area contributed by atoms with Gasteiger partial charge >= 0.3 is 0 Å². The van der Waals surface area contributed by atoms with Crippen LogP contribution in [0.1, 0.15) is 18.5 Å². The molecule has 1 amide bonds. The van der Waals surface area contributed by atoms with Crippen LogP contribution in [0.5, 0.6) is 0 Å². The second-order valence-electron chi connectivity index (χ2n) is 4.22. The summed E-state index contributed by atoms with van der Waals surface area (Å²) in [6.45, 7) is 1.74. The van der Waals surface area contributed by atoms with Gasteiger partial charge in [0.1, 0.15) is 11.9 Å². The predicted octanol–water partition coefficient (Wildman–Crippen LogP) is 3.03. The van der Waals surface area contributed by atoms with Crippen molar-refractivity contribution < 1.29 is 9.18 Å². The number of hydrogen-bond acceptors (Lipinski definition) is 1. The van der Waals surface area contributed by atoms with Gasteiger partial charge in [0.25, 0.3) is 0 Å². The summed E-state index contributed by atoms with van der Waals surface area (Å²) in [5.41, 5.74) is 2.15. The van der Waals surface area contributed by atoms with E-state index in [1.165, 1.54) is 6.20 Å². The largest absolute Gasteiger partial charge is 0.331 e. The fourth-order valence-electron chi connectivity index (χ4n) is 2.25. The number of amides is 1. The average molecular weight is 253 g/mol. The Hall–Kier alpha value is -1.55. The average Bonchev–Trinajstić information content (AvgIpc) is 2.65. The predicted molar refractivity (Wildman–Crippen MR) is 64.8 cm³/mol. The van der Waals surface area contributed by atoms with E-state index in [0.29, 0.717) is 17.0 Å². The van der Waals surface area contributed by atoms with Crippen molar-refractivity contribution in [2.75, 3.05) is 5.32 Å². The number of nitrogens with zero attached hydrogens (tertiary/aromatic N) is 1. The van der Waals surface area contributed by atoms with Crippen molar-refractivity contribution >= 4 is 34.1 Å². The molecule has 1 unspecified atom stereocenters. The molecule has 0 saturated heterocycles. The Kier molecular flexibility index (Phi) is 2.16. The van der Waals surface area contributed by atoms with Gasteiger partial charge < -0.3 is 9.88 Å². The molecule has 1 aromatic heterocycles. The third-order valence-electron chi connectivity index (χ3n) is 3.15. The monoisotopic (exact) mass is 252 g/mol. The van der Waals surface area contributed by atoms with Crippen LogP contribution in [-0.4, -0.2) is 10.5 Å². The maximum atomic E-state index is 13.8. The Bertz CT molecular complexity index is 635. The topological polar surface area (TPSA) is 34.0 Å². The fraction of sp³-hybridized carbons (Fsp3) is 0.250. The van der Waals surface area contributed by atoms with Crippen molar-refractivity contribution in [3.05, 3.63) is 29.7 Å². The molecule has 88 valence electrons. The van der Waals surface area contributed by atoms with Crippen LogP contribution in [0.3, 0.4) is 0 Å². The number of anilines is 1. The third-order valence-corrected chi connectivity index (χ3v) is 3.46. The van der Waals surface area contributed by atoms with Crippen LogP contribution in [0.2, 0.25) is 0 Å². The van der Waals surface area contributed by atoms with Crippen LogP contribution >= 0.6 is 11.6 Å². The summed E-state index contributed by atoms with van der Waals surface area (Å²) in [7, 11) is 0. The van der Waals surface area contributed by atoms with E-state index in [1.54, 1.807) is 23.6 Å². The second kappa shape index (κ2) is 3.47. The summed E-state index contributed by atoms with van der Waals surface area (Å²) in [6.07, 6.45) is 1.37. The molecule has 5 heteroatoms. The summed E-state index contributed by atoms with van der Waals surface area (Å²) >= 11 is 5.76. The number of carbonyl (C=O) groups excluding carboxylic acids is 1. The van der Waals surface area contributed by atoms with Gasteiger partial charge in [-0.25, -0.2) is 4.39 Å². The number of nitrogens with one attached hydrogen (secondary N) is 1. The Balaban J connectivity index is 2.40. The molecule has 17 heavy (non-hydrogen) atoms. The van der Waals surface area contributed by atoms with Gasteiger partial charge in [-0.2, -0.15) is 0 Å². The van der Waals surface area contributed by atoms with Crippen LogP contribution in [-0.2, 0) is 10.7 Å². The van der Waals surface area contributed by atoms with Gasteiger partial charge in [0.15, 0.2) is 0 Å². The molecule has 0 aliphatic carbocycles. The van der Waals surface area contributed by atoms with E-state index in [4.69, 9.17) is 11.6 Å². The van der Waals surface area contributed by atoms with Crippen molar-refractivity contribution in [3.63, 3.8) is 0 Å². The lowest BCUT2D eigenvalue weighted by Crippen LogP contribution is -2.27. The first-order chi connectivity index (χ1) is 8.11. The van der Waals surface area contributed by atoms with E-state index >= 15 is 0 Å². The van der Waals surface area contributed by atoms with Crippen LogP contribution in [0.25, 0.3) is 10.9 Å². The number of rotatable bonds is 1. The molecular formula is C12H10ClFN2O. The van der Waals surface area contributed by atoms with Crippen molar-refractivity contribution in [2.24, 2.45) is 0 Å². The van der Waals surface area contributed by atoms with Crippen LogP contribution < -0.4 is 5.32 Å². The number of carbonyl (C=O) groups is 1. The molecule has 1 aliphatic heterocycles. The molecule has 1 aromatic carbocycles. The summed E-state index contributed by atoms with van der Waals surface area (Å²) in [5.74, 6) is -0.170. The molecule has 0 saturated carbocycles. The number of halogens is 2. The molecule has 2 aromatic rings. The molecule has 1 N–H and O–H groups in total. The number of benzene rings is 1. The minimum Gasteiger partial charge on any atom is -0.331 e. The zero-order valence-corrected chi connectivity index (χ0v) is 9.88. The van der Waals surface area contributed by atoms with Crippen molar-refractivity contribution in [2.45, 2.75) is 18.8 Å². The SMILES string of the molecule is CC1C(=O)Nc2cc(CCl)cc3c(F)cn1c23. The Morgan fingerprint density at radius 1 is 1.53 bits per heavy atom. The zero-order chi connectivity index (χ0) is 12.2. The van der Waals surface area contributed by atoms with E-state index in [0.717, 1.165) is 11.1 Å². The van der Waals surface area contributed by atoms with Gasteiger partial charge in [-0.3, -0.25) is 4.79 Å². The van der Waals surface area contributed by atoms with E-state index in [2.05, 4.69) is 5.32 Å². The Labute approximate surface area is 102 Å². The first-order valence-electron chi connectivity index (χ1n) is 5.31. The molecule has 1 aliphatic rings. The van der Waals surface area contributed by atoms with E-state index in [9.17, 15) is 9.18 Å². The quantitative estimate of drug-likeness (QED) is 0.778. The molecule has 3 nitrogen and oxygen atoms in total. The van der Waals surface area contributed by atoms with Gasteiger partial charge in [0.05, 0.1) is 11.2 Å². The molecule has 0 bridgehead atoms. The fourth-order valence-corrected chi connectivity index (χ4v) is 2.41. The van der Waals surface area contributed by atoms with Crippen molar-refractivity contribution in [3.8, 4) is 0 Å². The summed E-state index contributed by atoms with van der Waals surface area (Å²) in [6, 6.07) is 3.12. The molecule has 0 radical (unpaired) electrons. The lowest BCUT2D eigenvalue weighted by Gasteiger charge is -2.22. The van der Waals surface area contributed by atoms with Gasteiger partial charge in [-0.15, -0.1) is 11.6 Å². The number of hydrogen-bond donors (Lipinski definition) is 1. The lowest BCUT2D eigenvalue weighted by atomic mass is 10.1. The maximum absolute atomic E-state index is 13.8. The smallest absolute Gasteiger partial charge is 0.247 e. The first-order valence-corrected chi connectivity index (χ1v) is 5.85. The van der Waals surface area contributed by atoms with Gasteiger partial charge in [0, 0.05) is 17.5 Å². The van der Waals surface area contributed by atoms with Crippen LogP contribution in [0, 0.1) is 5.82 Å². The highest BCUT2D eigenvalue weighted by molar-refractivity contribution is 6.17. The van der Waals surface area contributed by atoms with Crippen LogP contribution in [0.4, 0.5) is 10.1 Å². The minimum absolute atomic E-state index is 0.138. The lowest BCUT2D eigenvalue weighted by molar-refractivity contribution is -0.118. The third kappa shape index (κ3) is 1.37. The van der Waals surface area contributed by atoms with Gasteiger partial charge in [-0.1, -0.05) is 0 Å². The summed E-state index contributed by atoms with van der Waals surface area (Å²) in [4.78, 5) is 11.7. The second-order valence-corrected chi connectivity index (χ2v) is 4.49. The minimum atomic E-state index is -0.392. The zero-order valence-electron chi connectivity index (χ0n) is 9.13. The van der Waals surface area contributed by atoms with Crippen LogP contribution in [0.15, 0.2) is 18.3 Å².